The molecule has 28 heavy (non-hydrogen) atoms. The zero-order valence-corrected chi connectivity index (χ0v) is 16.0. The van der Waals surface area contributed by atoms with Gasteiger partial charge in [0.05, 0.1) is 30.9 Å². The fourth-order valence-electron chi connectivity index (χ4n) is 3.35. The third-order valence-electron chi connectivity index (χ3n) is 4.69. The topological polar surface area (TPSA) is 102 Å². The van der Waals surface area contributed by atoms with Crippen LogP contribution in [0.1, 0.15) is 52.1 Å². The van der Waals surface area contributed by atoms with Gasteiger partial charge < -0.3 is 20.3 Å². The molecule has 0 saturated heterocycles. The van der Waals surface area contributed by atoms with Crippen molar-refractivity contribution in [3.8, 4) is 11.5 Å². The van der Waals surface area contributed by atoms with Crippen LogP contribution in [0.3, 0.4) is 0 Å². The Morgan fingerprint density at radius 1 is 1.07 bits per heavy atom. The second-order valence-corrected chi connectivity index (χ2v) is 6.57. The molecule has 1 unspecified atom stereocenters. The number of methoxy groups -OCH3 is 1. The predicted octanol–water partition coefficient (Wildman–Crippen LogP) is 2.79. The number of nitrogens with zero attached hydrogens (tertiary/aromatic N) is 1. The van der Waals surface area contributed by atoms with E-state index in [1.165, 1.54) is 11.0 Å². The summed E-state index contributed by atoms with van der Waals surface area (Å²) in [5, 5.41) is 9.58. The van der Waals surface area contributed by atoms with Crippen LogP contribution >= 0.6 is 0 Å². The average molecular weight is 384 g/mol. The molecule has 2 amide bonds. The number of imide groups is 1. The number of rotatable bonds is 8. The summed E-state index contributed by atoms with van der Waals surface area (Å²) in [5.74, 6) is 0.281. The Hall–Kier alpha value is -3.06. The number of ether oxygens (including phenoxy) is 2. The minimum Gasteiger partial charge on any atom is -0.493 e. The summed E-state index contributed by atoms with van der Waals surface area (Å²) in [7, 11) is 1.55. The van der Waals surface area contributed by atoms with Gasteiger partial charge >= 0.3 is 0 Å². The van der Waals surface area contributed by atoms with Crippen LogP contribution in [-0.2, 0) is 0 Å². The molecule has 148 valence electrons. The van der Waals surface area contributed by atoms with Gasteiger partial charge in [-0.15, -0.1) is 0 Å². The molecule has 3 rings (SSSR count). The predicted molar refractivity (Wildman–Crippen MR) is 105 cm³/mol. The van der Waals surface area contributed by atoms with Crippen LogP contribution in [0.15, 0.2) is 36.4 Å². The molecule has 3 N–H and O–H groups in total. The van der Waals surface area contributed by atoms with E-state index in [9.17, 15) is 14.7 Å². The molecule has 0 saturated carbocycles. The molecule has 0 fully saturated rings. The minimum absolute atomic E-state index is 0.183. The maximum Gasteiger partial charge on any atom is 0.262 e. The van der Waals surface area contributed by atoms with Crippen molar-refractivity contribution >= 4 is 17.5 Å². The molecule has 1 heterocycles. The largest absolute Gasteiger partial charge is 0.493 e. The molecule has 7 nitrogen and oxygen atoms in total. The first-order valence-corrected chi connectivity index (χ1v) is 9.20. The van der Waals surface area contributed by atoms with E-state index in [-0.39, 0.29) is 18.6 Å². The number of carbonyl (C=O) groups is 2. The smallest absolute Gasteiger partial charge is 0.262 e. The lowest BCUT2D eigenvalue weighted by molar-refractivity contribution is 0.0558. The molecule has 2 aromatic rings. The number of nitrogens with two attached hydrogens (primary N) is 1. The van der Waals surface area contributed by atoms with Crippen LogP contribution in [-0.4, -0.2) is 42.1 Å². The molecule has 1 aliphatic heterocycles. The number of aliphatic hydroxyl groups is 1. The number of carbonyl (C=O) groups excluding carboxylic acids is 2. The highest BCUT2D eigenvalue weighted by Crippen LogP contribution is 2.37. The van der Waals surface area contributed by atoms with Gasteiger partial charge in [-0.3, -0.25) is 14.5 Å². The Morgan fingerprint density at radius 2 is 1.82 bits per heavy atom. The lowest BCUT2D eigenvalue weighted by Gasteiger charge is -2.27. The summed E-state index contributed by atoms with van der Waals surface area (Å²) in [6.07, 6.45) is 1.04. The number of anilines is 1. The van der Waals surface area contributed by atoms with Gasteiger partial charge in [-0.1, -0.05) is 13.0 Å². The third kappa shape index (κ3) is 3.53. The Balaban J connectivity index is 2.01. The van der Waals surface area contributed by atoms with Crippen molar-refractivity contribution in [1.82, 2.24) is 4.90 Å². The number of nitrogen functional groups attached to an aromatic ring is 1. The van der Waals surface area contributed by atoms with Crippen LogP contribution in [0.4, 0.5) is 5.69 Å². The SMILES string of the molecule is CCCOc1cc(C(CCO)N2C(=O)c3ccc(N)cc3C2=O)ccc1OC. The summed E-state index contributed by atoms with van der Waals surface area (Å²) in [5.41, 5.74) is 7.48. The van der Waals surface area contributed by atoms with E-state index in [0.29, 0.717) is 34.9 Å². The van der Waals surface area contributed by atoms with Crippen molar-refractivity contribution in [2.45, 2.75) is 25.8 Å². The monoisotopic (exact) mass is 384 g/mol. The zero-order valence-electron chi connectivity index (χ0n) is 16.0. The molecule has 1 aliphatic rings. The number of fused-ring (bicyclic) bond motifs is 1. The standard InChI is InChI=1S/C21H24N2O5/c1-3-10-28-19-11-13(4-7-18(19)27-2)17(8-9-24)23-20(25)15-6-5-14(22)12-16(15)21(23)26/h4-7,11-12,17,24H,3,8-10,22H2,1-2H3. The van der Waals surface area contributed by atoms with E-state index < -0.39 is 17.9 Å². The summed E-state index contributed by atoms with van der Waals surface area (Å²) in [6, 6.07) is 9.30. The Bertz CT molecular complexity index is 896. The molecule has 0 spiro atoms. The normalized spacial score (nSPS) is 14.2. The van der Waals surface area contributed by atoms with Gasteiger partial charge in [0.1, 0.15) is 0 Å². The lowest BCUT2D eigenvalue weighted by Crippen LogP contribution is -2.34. The van der Waals surface area contributed by atoms with Crippen molar-refractivity contribution in [2.75, 3.05) is 26.1 Å². The second-order valence-electron chi connectivity index (χ2n) is 6.57. The molecule has 0 aromatic heterocycles. The third-order valence-corrected chi connectivity index (χ3v) is 4.69. The molecule has 0 bridgehead atoms. The first kappa shape index (κ1) is 19.7. The highest BCUT2D eigenvalue weighted by Gasteiger charge is 2.40. The molecule has 0 aliphatic carbocycles. The summed E-state index contributed by atoms with van der Waals surface area (Å²) < 4.78 is 11.1. The van der Waals surface area contributed by atoms with Crippen molar-refractivity contribution in [3.05, 3.63) is 53.1 Å². The second kappa shape index (κ2) is 8.31. The Kier molecular flexibility index (Phi) is 5.84. The summed E-state index contributed by atoms with van der Waals surface area (Å²) >= 11 is 0. The highest BCUT2D eigenvalue weighted by atomic mass is 16.5. The van der Waals surface area contributed by atoms with Crippen molar-refractivity contribution in [3.63, 3.8) is 0 Å². The first-order valence-electron chi connectivity index (χ1n) is 9.20. The van der Waals surface area contributed by atoms with E-state index in [0.717, 1.165) is 6.42 Å². The van der Waals surface area contributed by atoms with Gasteiger partial charge in [0.2, 0.25) is 0 Å². The number of hydrogen-bond acceptors (Lipinski definition) is 6. The van der Waals surface area contributed by atoms with Crippen LogP contribution < -0.4 is 15.2 Å². The molecule has 2 aromatic carbocycles. The van der Waals surface area contributed by atoms with Gasteiger partial charge in [-0.25, -0.2) is 0 Å². The first-order chi connectivity index (χ1) is 13.5. The van der Waals surface area contributed by atoms with E-state index in [1.807, 2.05) is 6.92 Å². The Morgan fingerprint density at radius 3 is 2.50 bits per heavy atom. The van der Waals surface area contributed by atoms with E-state index in [4.69, 9.17) is 15.2 Å². The van der Waals surface area contributed by atoms with E-state index in [2.05, 4.69) is 0 Å². The zero-order chi connectivity index (χ0) is 20.3. The Labute approximate surface area is 163 Å². The number of benzene rings is 2. The van der Waals surface area contributed by atoms with Gasteiger partial charge in [0.15, 0.2) is 11.5 Å². The molecule has 7 heteroatoms. The number of hydrogen-bond donors (Lipinski definition) is 2. The van der Waals surface area contributed by atoms with Crippen molar-refractivity contribution < 1.29 is 24.2 Å². The number of aliphatic hydroxyl groups excluding tert-OH is 1. The van der Waals surface area contributed by atoms with E-state index >= 15 is 0 Å². The van der Waals surface area contributed by atoms with E-state index in [1.54, 1.807) is 37.4 Å². The van der Waals surface area contributed by atoms with Gasteiger partial charge in [0.25, 0.3) is 11.8 Å². The average Bonchev–Trinajstić information content (AvgIpc) is 2.94. The minimum atomic E-state index is -0.631. The maximum absolute atomic E-state index is 12.9. The highest BCUT2D eigenvalue weighted by molar-refractivity contribution is 6.22. The van der Waals surface area contributed by atoms with Crippen LogP contribution in [0.2, 0.25) is 0 Å². The van der Waals surface area contributed by atoms with Gasteiger partial charge in [-0.2, -0.15) is 0 Å². The molecular formula is C21H24N2O5. The van der Waals surface area contributed by atoms with Crippen LogP contribution in [0, 0.1) is 0 Å². The lowest BCUT2D eigenvalue weighted by atomic mass is 10.0. The molecule has 0 radical (unpaired) electrons. The fourth-order valence-corrected chi connectivity index (χ4v) is 3.35. The number of amides is 2. The van der Waals surface area contributed by atoms with Crippen molar-refractivity contribution in [2.24, 2.45) is 0 Å². The maximum atomic E-state index is 12.9. The fraction of sp³-hybridized carbons (Fsp3) is 0.333. The van der Waals surface area contributed by atoms with Crippen LogP contribution in [0.5, 0.6) is 11.5 Å². The molecular weight excluding hydrogens is 360 g/mol. The summed E-state index contributed by atoms with van der Waals surface area (Å²) in [4.78, 5) is 27.0. The van der Waals surface area contributed by atoms with Gasteiger partial charge in [0, 0.05) is 12.3 Å². The van der Waals surface area contributed by atoms with Crippen molar-refractivity contribution in [1.29, 1.82) is 0 Å². The molecule has 1 atom stereocenters. The van der Waals surface area contributed by atoms with Crippen LogP contribution in [0.25, 0.3) is 0 Å². The summed E-state index contributed by atoms with van der Waals surface area (Å²) in [6.45, 7) is 2.32. The van der Waals surface area contributed by atoms with Gasteiger partial charge in [-0.05, 0) is 48.7 Å². The quantitative estimate of drug-likeness (QED) is 0.536.